The van der Waals surface area contributed by atoms with E-state index in [-0.39, 0.29) is 17.4 Å². The molecule has 1 atom stereocenters. The molecule has 0 radical (unpaired) electrons. The molecule has 0 spiro atoms. The van der Waals surface area contributed by atoms with Gasteiger partial charge >= 0.3 is 0 Å². The van der Waals surface area contributed by atoms with Crippen LogP contribution in [-0.2, 0) is 0 Å². The molecule has 0 aromatic carbocycles. The molecule has 0 aliphatic heterocycles. The van der Waals surface area contributed by atoms with Crippen molar-refractivity contribution in [3.63, 3.8) is 0 Å². The summed E-state index contributed by atoms with van der Waals surface area (Å²) in [7, 11) is 0. The van der Waals surface area contributed by atoms with Crippen LogP contribution in [0.5, 0.6) is 0 Å². The summed E-state index contributed by atoms with van der Waals surface area (Å²) in [5, 5.41) is 12.1. The Labute approximate surface area is 122 Å². The van der Waals surface area contributed by atoms with Crippen molar-refractivity contribution in [1.82, 2.24) is 20.5 Å². The SMILES string of the molecule is CCCNc1nccc(C(=O)NC(C)c2cn[nH]c2)c1F. The van der Waals surface area contributed by atoms with Gasteiger partial charge in [-0.2, -0.15) is 5.10 Å². The van der Waals surface area contributed by atoms with Crippen LogP contribution in [0.1, 0.15) is 42.2 Å². The van der Waals surface area contributed by atoms with E-state index in [1.54, 1.807) is 19.3 Å². The highest BCUT2D eigenvalue weighted by molar-refractivity contribution is 5.95. The third-order valence-electron chi connectivity index (χ3n) is 3.04. The number of halogens is 1. The number of aromatic nitrogens is 3. The van der Waals surface area contributed by atoms with E-state index in [0.29, 0.717) is 6.54 Å². The van der Waals surface area contributed by atoms with Crippen LogP contribution in [0.4, 0.5) is 10.2 Å². The van der Waals surface area contributed by atoms with Crippen LogP contribution in [-0.4, -0.2) is 27.6 Å². The Morgan fingerprint density at radius 1 is 1.52 bits per heavy atom. The lowest BCUT2D eigenvalue weighted by atomic mass is 10.1. The lowest BCUT2D eigenvalue weighted by Gasteiger charge is -2.13. The molecule has 0 aliphatic carbocycles. The molecule has 0 saturated carbocycles. The molecule has 112 valence electrons. The van der Waals surface area contributed by atoms with E-state index in [1.165, 1.54) is 12.3 Å². The fourth-order valence-corrected chi connectivity index (χ4v) is 1.84. The second-order valence-corrected chi connectivity index (χ2v) is 4.67. The van der Waals surface area contributed by atoms with Gasteiger partial charge in [0.1, 0.15) is 0 Å². The van der Waals surface area contributed by atoms with Crippen LogP contribution in [0.2, 0.25) is 0 Å². The summed E-state index contributed by atoms with van der Waals surface area (Å²) in [5.41, 5.74) is 0.793. The molecule has 2 heterocycles. The molecule has 7 heteroatoms. The monoisotopic (exact) mass is 291 g/mol. The van der Waals surface area contributed by atoms with Crippen LogP contribution < -0.4 is 10.6 Å². The van der Waals surface area contributed by atoms with E-state index < -0.39 is 11.7 Å². The molecule has 2 aromatic heterocycles. The molecule has 0 bridgehead atoms. The average Bonchev–Trinajstić information content (AvgIpc) is 3.00. The first-order valence-electron chi connectivity index (χ1n) is 6.81. The molecular formula is C14H18FN5O. The minimum absolute atomic E-state index is 0.0288. The van der Waals surface area contributed by atoms with Gasteiger partial charge in [0.25, 0.3) is 5.91 Å². The molecule has 0 saturated heterocycles. The van der Waals surface area contributed by atoms with E-state index >= 15 is 0 Å². The lowest BCUT2D eigenvalue weighted by Crippen LogP contribution is -2.27. The molecule has 3 N–H and O–H groups in total. The first-order chi connectivity index (χ1) is 10.1. The van der Waals surface area contributed by atoms with Gasteiger partial charge in [-0.15, -0.1) is 0 Å². The van der Waals surface area contributed by atoms with Crippen molar-refractivity contribution in [2.75, 3.05) is 11.9 Å². The molecule has 2 aromatic rings. The predicted octanol–water partition coefficient (Wildman–Crippen LogP) is 2.26. The van der Waals surface area contributed by atoms with Gasteiger partial charge in [-0.05, 0) is 19.4 Å². The third-order valence-corrected chi connectivity index (χ3v) is 3.04. The summed E-state index contributed by atoms with van der Waals surface area (Å²) < 4.78 is 14.2. The largest absolute Gasteiger partial charge is 0.368 e. The summed E-state index contributed by atoms with van der Waals surface area (Å²) in [5.74, 6) is -1.02. The molecule has 0 fully saturated rings. The lowest BCUT2D eigenvalue weighted by molar-refractivity contribution is 0.0936. The number of H-pyrrole nitrogens is 1. The maximum Gasteiger partial charge on any atom is 0.254 e. The highest BCUT2D eigenvalue weighted by Crippen LogP contribution is 2.17. The van der Waals surface area contributed by atoms with Crippen molar-refractivity contribution in [2.24, 2.45) is 0 Å². The zero-order valence-electron chi connectivity index (χ0n) is 12.0. The van der Waals surface area contributed by atoms with Crippen LogP contribution in [0.3, 0.4) is 0 Å². The first-order valence-corrected chi connectivity index (χ1v) is 6.81. The van der Waals surface area contributed by atoms with Crippen molar-refractivity contribution >= 4 is 11.7 Å². The fourth-order valence-electron chi connectivity index (χ4n) is 1.84. The summed E-state index contributed by atoms with van der Waals surface area (Å²) in [6.07, 6.45) is 5.55. The third kappa shape index (κ3) is 3.56. The van der Waals surface area contributed by atoms with Crippen molar-refractivity contribution < 1.29 is 9.18 Å². The number of amides is 1. The van der Waals surface area contributed by atoms with Crippen molar-refractivity contribution in [1.29, 1.82) is 0 Å². The van der Waals surface area contributed by atoms with Gasteiger partial charge in [-0.3, -0.25) is 9.89 Å². The second kappa shape index (κ2) is 6.83. The second-order valence-electron chi connectivity index (χ2n) is 4.67. The summed E-state index contributed by atoms with van der Waals surface area (Å²) in [4.78, 5) is 16.1. The van der Waals surface area contributed by atoms with Crippen molar-refractivity contribution in [3.8, 4) is 0 Å². The Balaban J connectivity index is 2.12. The van der Waals surface area contributed by atoms with Gasteiger partial charge < -0.3 is 10.6 Å². The van der Waals surface area contributed by atoms with E-state index in [4.69, 9.17) is 0 Å². The number of nitrogens with zero attached hydrogens (tertiary/aromatic N) is 2. The zero-order valence-corrected chi connectivity index (χ0v) is 12.0. The van der Waals surface area contributed by atoms with Crippen LogP contribution in [0.15, 0.2) is 24.7 Å². The first kappa shape index (κ1) is 15.0. The number of hydrogen-bond acceptors (Lipinski definition) is 4. The van der Waals surface area contributed by atoms with E-state index in [9.17, 15) is 9.18 Å². The smallest absolute Gasteiger partial charge is 0.254 e. The predicted molar refractivity (Wildman–Crippen MR) is 77.4 cm³/mol. The number of carbonyl (C=O) groups is 1. The Kier molecular flexibility index (Phi) is 4.86. The quantitative estimate of drug-likeness (QED) is 0.762. The molecule has 1 amide bonds. The van der Waals surface area contributed by atoms with E-state index in [0.717, 1.165) is 12.0 Å². The van der Waals surface area contributed by atoms with Crippen LogP contribution >= 0.6 is 0 Å². The number of nitrogens with one attached hydrogen (secondary N) is 3. The standard InChI is InChI=1S/C14H18FN5O/c1-3-5-16-13-12(15)11(4-6-17-13)14(21)20-9(2)10-7-18-19-8-10/h4,6-9H,3,5H2,1-2H3,(H,16,17)(H,18,19)(H,20,21). The number of rotatable bonds is 6. The van der Waals surface area contributed by atoms with E-state index in [2.05, 4.69) is 25.8 Å². The van der Waals surface area contributed by atoms with Gasteiger partial charge in [0.2, 0.25) is 0 Å². The highest BCUT2D eigenvalue weighted by atomic mass is 19.1. The van der Waals surface area contributed by atoms with Crippen LogP contribution in [0, 0.1) is 5.82 Å². The molecule has 1 unspecified atom stereocenters. The normalized spacial score (nSPS) is 12.0. The van der Waals surface area contributed by atoms with Gasteiger partial charge in [-0.1, -0.05) is 6.92 Å². The Morgan fingerprint density at radius 3 is 3.00 bits per heavy atom. The molecule has 2 rings (SSSR count). The van der Waals surface area contributed by atoms with Gasteiger partial charge in [-0.25, -0.2) is 9.37 Å². The van der Waals surface area contributed by atoms with Crippen LogP contribution in [0.25, 0.3) is 0 Å². The Hall–Kier alpha value is -2.44. The van der Waals surface area contributed by atoms with Gasteiger partial charge in [0.05, 0.1) is 17.8 Å². The van der Waals surface area contributed by atoms with Gasteiger partial charge in [0, 0.05) is 24.5 Å². The van der Waals surface area contributed by atoms with Crippen molar-refractivity contribution in [2.45, 2.75) is 26.3 Å². The maximum atomic E-state index is 14.2. The Bertz CT molecular complexity index is 599. The minimum Gasteiger partial charge on any atom is -0.368 e. The molecule has 0 aliphatic rings. The molecular weight excluding hydrogens is 273 g/mol. The molecule has 21 heavy (non-hydrogen) atoms. The highest BCUT2D eigenvalue weighted by Gasteiger charge is 2.18. The number of anilines is 1. The van der Waals surface area contributed by atoms with Crippen molar-refractivity contribution in [3.05, 3.63) is 41.6 Å². The number of aromatic amines is 1. The maximum absolute atomic E-state index is 14.2. The summed E-state index contributed by atoms with van der Waals surface area (Å²) in [6.45, 7) is 4.37. The van der Waals surface area contributed by atoms with E-state index in [1.807, 2.05) is 6.92 Å². The number of pyridine rings is 1. The summed E-state index contributed by atoms with van der Waals surface area (Å²) >= 11 is 0. The summed E-state index contributed by atoms with van der Waals surface area (Å²) in [6, 6.07) is 1.10. The fraction of sp³-hybridized carbons (Fsp3) is 0.357. The number of carbonyl (C=O) groups excluding carboxylic acids is 1. The number of hydrogen-bond donors (Lipinski definition) is 3. The topological polar surface area (TPSA) is 82.7 Å². The average molecular weight is 291 g/mol. The molecule has 6 nitrogen and oxygen atoms in total. The minimum atomic E-state index is -0.636. The zero-order chi connectivity index (χ0) is 15.2. The Morgan fingerprint density at radius 2 is 2.33 bits per heavy atom. The van der Waals surface area contributed by atoms with Gasteiger partial charge in [0.15, 0.2) is 11.6 Å².